The molecule has 1 aliphatic rings. The van der Waals surface area contributed by atoms with Gasteiger partial charge in [0.05, 0.1) is 12.7 Å². The molecule has 1 saturated heterocycles. The Bertz CT molecular complexity index is 362. The average molecular weight is 236 g/mol. The van der Waals surface area contributed by atoms with Crippen LogP contribution in [0, 0.1) is 0 Å². The molecule has 1 aromatic carbocycles. The second kappa shape index (κ2) is 5.52. The molecule has 1 fully saturated rings. The molecule has 0 radical (unpaired) electrons. The molecule has 0 amide bonds. The SMILES string of the molecule is CC(C)c1ccccc1OC1COCCC1O. The van der Waals surface area contributed by atoms with Crippen LogP contribution in [0.3, 0.4) is 0 Å². The third kappa shape index (κ3) is 2.99. The van der Waals surface area contributed by atoms with Gasteiger partial charge in [0, 0.05) is 13.0 Å². The molecule has 1 N–H and O–H groups in total. The monoisotopic (exact) mass is 236 g/mol. The Morgan fingerprint density at radius 3 is 2.82 bits per heavy atom. The van der Waals surface area contributed by atoms with Gasteiger partial charge in [-0.15, -0.1) is 0 Å². The van der Waals surface area contributed by atoms with Gasteiger partial charge >= 0.3 is 0 Å². The number of ether oxygens (including phenoxy) is 2. The van der Waals surface area contributed by atoms with Crippen molar-refractivity contribution in [2.75, 3.05) is 13.2 Å². The Morgan fingerprint density at radius 2 is 2.12 bits per heavy atom. The minimum Gasteiger partial charge on any atom is -0.485 e. The number of hydrogen-bond acceptors (Lipinski definition) is 3. The van der Waals surface area contributed by atoms with Crippen LogP contribution in [0.1, 0.15) is 31.7 Å². The van der Waals surface area contributed by atoms with E-state index >= 15 is 0 Å². The summed E-state index contributed by atoms with van der Waals surface area (Å²) in [6.07, 6.45) is -0.0262. The highest BCUT2D eigenvalue weighted by molar-refractivity contribution is 5.35. The van der Waals surface area contributed by atoms with Crippen LogP contribution in [0.2, 0.25) is 0 Å². The van der Waals surface area contributed by atoms with Gasteiger partial charge in [0.2, 0.25) is 0 Å². The number of benzene rings is 1. The first kappa shape index (κ1) is 12.4. The van der Waals surface area contributed by atoms with E-state index in [9.17, 15) is 5.11 Å². The lowest BCUT2D eigenvalue weighted by atomic mass is 10.0. The van der Waals surface area contributed by atoms with Crippen molar-refractivity contribution < 1.29 is 14.6 Å². The molecule has 94 valence electrons. The first-order valence-corrected chi connectivity index (χ1v) is 6.20. The molecule has 0 bridgehead atoms. The summed E-state index contributed by atoms with van der Waals surface area (Å²) in [6, 6.07) is 7.99. The second-order valence-corrected chi connectivity index (χ2v) is 4.78. The van der Waals surface area contributed by atoms with Gasteiger partial charge in [0.25, 0.3) is 0 Å². The lowest BCUT2D eigenvalue weighted by Crippen LogP contribution is -2.41. The molecule has 0 aliphatic carbocycles. The standard InChI is InChI=1S/C14H20O3/c1-10(2)11-5-3-4-6-13(11)17-14-9-16-8-7-12(14)15/h3-6,10,12,14-15H,7-9H2,1-2H3. The highest BCUT2D eigenvalue weighted by atomic mass is 16.5. The minimum atomic E-state index is -0.427. The van der Waals surface area contributed by atoms with Gasteiger partial charge in [-0.05, 0) is 17.5 Å². The smallest absolute Gasteiger partial charge is 0.148 e. The molecule has 0 aromatic heterocycles. The largest absolute Gasteiger partial charge is 0.485 e. The van der Waals surface area contributed by atoms with E-state index in [1.807, 2.05) is 18.2 Å². The molecule has 0 spiro atoms. The predicted octanol–water partition coefficient (Wildman–Crippen LogP) is 2.34. The molecule has 2 rings (SSSR count). The fourth-order valence-corrected chi connectivity index (χ4v) is 2.04. The molecular weight excluding hydrogens is 216 g/mol. The predicted molar refractivity (Wildman–Crippen MR) is 66.4 cm³/mol. The topological polar surface area (TPSA) is 38.7 Å². The fourth-order valence-electron chi connectivity index (χ4n) is 2.04. The molecule has 1 aliphatic heterocycles. The lowest BCUT2D eigenvalue weighted by Gasteiger charge is -2.29. The van der Waals surface area contributed by atoms with Crippen LogP contribution in [0.5, 0.6) is 5.75 Å². The third-order valence-electron chi connectivity index (χ3n) is 3.09. The fraction of sp³-hybridized carbons (Fsp3) is 0.571. The summed E-state index contributed by atoms with van der Waals surface area (Å²) in [5.74, 6) is 1.27. The maximum absolute atomic E-state index is 9.85. The van der Waals surface area contributed by atoms with Crippen LogP contribution in [-0.4, -0.2) is 30.5 Å². The quantitative estimate of drug-likeness (QED) is 0.875. The number of hydrogen-bond donors (Lipinski definition) is 1. The summed E-state index contributed by atoms with van der Waals surface area (Å²) < 4.78 is 11.2. The molecule has 3 nitrogen and oxygen atoms in total. The summed E-state index contributed by atoms with van der Waals surface area (Å²) in [5.41, 5.74) is 1.17. The minimum absolute atomic E-state index is 0.247. The van der Waals surface area contributed by atoms with E-state index in [1.165, 1.54) is 5.56 Å². The van der Waals surface area contributed by atoms with E-state index in [0.29, 0.717) is 25.6 Å². The van der Waals surface area contributed by atoms with Gasteiger partial charge in [-0.2, -0.15) is 0 Å². The number of para-hydroxylation sites is 1. The summed E-state index contributed by atoms with van der Waals surface area (Å²) in [7, 11) is 0. The summed E-state index contributed by atoms with van der Waals surface area (Å²) >= 11 is 0. The van der Waals surface area contributed by atoms with Crippen LogP contribution < -0.4 is 4.74 Å². The van der Waals surface area contributed by atoms with Crippen molar-refractivity contribution in [1.29, 1.82) is 0 Å². The number of aliphatic hydroxyl groups excluding tert-OH is 1. The first-order chi connectivity index (χ1) is 8.18. The van der Waals surface area contributed by atoms with Crippen molar-refractivity contribution in [3.05, 3.63) is 29.8 Å². The first-order valence-electron chi connectivity index (χ1n) is 6.20. The van der Waals surface area contributed by atoms with Crippen molar-refractivity contribution >= 4 is 0 Å². The summed E-state index contributed by atoms with van der Waals surface area (Å²) in [6.45, 7) is 5.35. The van der Waals surface area contributed by atoms with E-state index in [0.717, 1.165) is 5.75 Å². The lowest BCUT2D eigenvalue weighted by molar-refractivity contribution is -0.0738. The van der Waals surface area contributed by atoms with E-state index < -0.39 is 6.10 Å². The van der Waals surface area contributed by atoms with Crippen LogP contribution >= 0.6 is 0 Å². The zero-order valence-corrected chi connectivity index (χ0v) is 10.4. The van der Waals surface area contributed by atoms with Crippen LogP contribution in [0.4, 0.5) is 0 Å². The van der Waals surface area contributed by atoms with Gasteiger partial charge in [0.1, 0.15) is 11.9 Å². The molecule has 0 saturated carbocycles. The van der Waals surface area contributed by atoms with E-state index in [1.54, 1.807) is 0 Å². The second-order valence-electron chi connectivity index (χ2n) is 4.78. The van der Waals surface area contributed by atoms with Gasteiger partial charge in [0.15, 0.2) is 0 Å². The third-order valence-corrected chi connectivity index (χ3v) is 3.09. The molecule has 17 heavy (non-hydrogen) atoms. The maximum atomic E-state index is 9.85. The Labute approximate surface area is 102 Å². The van der Waals surface area contributed by atoms with Crippen molar-refractivity contribution in [3.63, 3.8) is 0 Å². The van der Waals surface area contributed by atoms with Gasteiger partial charge < -0.3 is 14.6 Å². The maximum Gasteiger partial charge on any atom is 0.148 e. The summed E-state index contributed by atoms with van der Waals surface area (Å²) in [4.78, 5) is 0. The highest BCUT2D eigenvalue weighted by Gasteiger charge is 2.26. The Kier molecular flexibility index (Phi) is 4.02. The Hall–Kier alpha value is -1.06. The molecular formula is C14H20O3. The number of aliphatic hydroxyl groups is 1. The average Bonchev–Trinajstić information content (AvgIpc) is 2.32. The zero-order chi connectivity index (χ0) is 12.3. The van der Waals surface area contributed by atoms with Crippen molar-refractivity contribution in [2.45, 2.75) is 38.4 Å². The van der Waals surface area contributed by atoms with Crippen molar-refractivity contribution in [1.82, 2.24) is 0 Å². The number of rotatable bonds is 3. The van der Waals surface area contributed by atoms with Crippen molar-refractivity contribution in [2.24, 2.45) is 0 Å². The van der Waals surface area contributed by atoms with Crippen molar-refractivity contribution in [3.8, 4) is 5.75 Å². The normalized spacial score (nSPS) is 24.9. The Morgan fingerprint density at radius 1 is 1.35 bits per heavy atom. The molecule has 1 aromatic rings. The molecule has 3 heteroatoms. The van der Waals surface area contributed by atoms with E-state index in [-0.39, 0.29) is 6.10 Å². The van der Waals surface area contributed by atoms with E-state index in [2.05, 4.69) is 19.9 Å². The van der Waals surface area contributed by atoms with E-state index in [4.69, 9.17) is 9.47 Å². The Balaban J connectivity index is 2.12. The van der Waals surface area contributed by atoms with Crippen LogP contribution in [0.15, 0.2) is 24.3 Å². The van der Waals surface area contributed by atoms with Gasteiger partial charge in [-0.25, -0.2) is 0 Å². The molecule has 2 atom stereocenters. The van der Waals surface area contributed by atoms with Crippen LogP contribution in [-0.2, 0) is 4.74 Å². The summed E-state index contributed by atoms with van der Waals surface area (Å²) in [5, 5.41) is 9.85. The molecule has 1 heterocycles. The highest BCUT2D eigenvalue weighted by Crippen LogP contribution is 2.28. The molecule has 2 unspecified atom stereocenters. The zero-order valence-electron chi connectivity index (χ0n) is 10.4. The van der Waals surface area contributed by atoms with Gasteiger partial charge in [-0.3, -0.25) is 0 Å². The van der Waals surface area contributed by atoms with Gasteiger partial charge in [-0.1, -0.05) is 32.0 Å². The van der Waals surface area contributed by atoms with Crippen LogP contribution in [0.25, 0.3) is 0 Å².